The van der Waals surface area contributed by atoms with Crippen LogP contribution in [0, 0.1) is 0 Å². The predicted octanol–water partition coefficient (Wildman–Crippen LogP) is 5.61. The average molecular weight is 471 g/mol. The predicted molar refractivity (Wildman–Crippen MR) is 133 cm³/mol. The van der Waals surface area contributed by atoms with Crippen molar-refractivity contribution in [3.05, 3.63) is 113 Å². The van der Waals surface area contributed by atoms with Gasteiger partial charge in [0.1, 0.15) is 6.17 Å². The SMILES string of the molecule is CCC1=C(CC)N(c2ccccc2)C(c2ccccc2)N(Cc2ccccc2)C1.O=C=O.O=C=O. The van der Waals surface area contributed by atoms with Gasteiger partial charge in [0.15, 0.2) is 0 Å². The second-order valence-corrected chi connectivity index (χ2v) is 7.80. The molecular weight excluding hydrogens is 440 g/mol. The van der Waals surface area contributed by atoms with Crippen LogP contribution in [0.2, 0.25) is 0 Å². The summed E-state index contributed by atoms with van der Waals surface area (Å²) in [6.07, 6.45) is 2.81. The van der Waals surface area contributed by atoms with Crippen LogP contribution in [0.3, 0.4) is 0 Å². The Morgan fingerprint density at radius 3 is 1.69 bits per heavy atom. The molecule has 1 aliphatic rings. The lowest BCUT2D eigenvalue weighted by molar-refractivity contribution is -0.193. The van der Waals surface area contributed by atoms with E-state index in [1.54, 1.807) is 5.57 Å². The second-order valence-electron chi connectivity index (χ2n) is 7.80. The number of benzene rings is 3. The molecule has 1 heterocycles. The molecule has 6 heteroatoms. The molecule has 0 aliphatic carbocycles. The van der Waals surface area contributed by atoms with Crippen molar-refractivity contribution in [2.24, 2.45) is 0 Å². The minimum atomic E-state index is 0.184. The van der Waals surface area contributed by atoms with Crippen molar-refractivity contribution in [1.29, 1.82) is 0 Å². The zero-order chi connectivity index (χ0) is 25.5. The molecule has 3 aromatic carbocycles. The second kappa shape index (κ2) is 14.9. The number of carbonyl (C=O) groups excluding carboxylic acids is 4. The zero-order valence-electron chi connectivity index (χ0n) is 20.1. The Kier molecular flexibility index (Phi) is 11.6. The summed E-state index contributed by atoms with van der Waals surface area (Å²) in [6.45, 7) is 6.52. The van der Waals surface area contributed by atoms with Crippen molar-refractivity contribution in [3.63, 3.8) is 0 Å². The molecular formula is C29H30N2O4. The summed E-state index contributed by atoms with van der Waals surface area (Å²) in [5, 5.41) is 0. The first-order valence-electron chi connectivity index (χ1n) is 11.5. The van der Waals surface area contributed by atoms with Gasteiger partial charge in [-0.05, 0) is 41.7 Å². The van der Waals surface area contributed by atoms with Gasteiger partial charge in [0.25, 0.3) is 0 Å². The number of anilines is 1. The van der Waals surface area contributed by atoms with Crippen LogP contribution >= 0.6 is 0 Å². The summed E-state index contributed by atoms with van der Waals surface area (Å²) >= 11 is 0. The van der Waals surface area contributed by atoms with Gasteiger partial charge >= 0.3 is 12.3 Å². The van der Waals surface area contributed by atoms with Crippen LogP contribution in [0.1, 0.15) is 44.0 Å². The first kappa shape index (κ1) is 27.2. The zero-order valence-corrected chi connectivity index (χ0v) is 20.1. The monoisotopic (exact) mass is 470 g/mol. The quantitative estimate of drug-likeness (QED) is 0.466. The fourth-order valence-corrected chi connectivity index (χ4v) is 4.47. The lowest BCUT2D eigenvalue weighted by Crippen LogP contribution is -2.46. The highest BCUT2D eigenvalue weighted by Crippen LogP contribution is 2.41. The third kappa shape index (κ3) is 7.46. The van der Waals surface area contributed by atoms with Gasteiger partial charge in [-0.2, -0.15) is 19.2 Å². The minimum absolute atomic E-state index is 0.184. The summed E-state index contributed by atoms with van der Waals surface area (Å²) in [6, 6.07) is 32.7. The maximum Gasteiger partial charge on any atom is 0.373 e. The molecule has 3 aromatic rings. The van der Waals surface area contributed by atoms with Crippen molar-refractivity contribution in [3.8, 4) is 0 Å². The molecule has 0 radical (unpaired) electrons. The van der Waals surface area contributed by atoms with E-state index >= 15 is 0 Å². The standard InChI is InChI=1S/C27H30N2.2CO2/c1-3-23-21-28(20-22-14-8-5-9-15-22)27(24-16-10-6-11-17-24)29(26(23)4-2)25-18-12-7-13-19-25;2*2-1-3/h5-19,27H,3-4,20-21H2,1-2H3;;. The molecule has 35 heavy (non-hydrogen) atoms. The van der Waals surface area contributed by atoms with Gasteiger partial charge in [0, 0.05) is 24.5 Å². The highest BCUT2D eigenvalue weighted by atomic mass is 16.2. The third-order valence-corrected chi connectivity index (χ3v) is 5.81. The fraction of sp³-hybridized carbons (Fsp3) is 0.241. The van der Waals surface area contributed by atoms with Crippen molar-refractivity contribution in [1.82, 2.24) is 4.90 Å². The van der Waals surface area contributed by atoms with Gasteiger partial charge in [-0.25, -0.2) is 0 Å². The third-order valence-electron chi connectivity index (χ3n) is 5.81. The molecule has 0 saturated carbocycles. The topological polar surface area (TPSA) is 74.8 Å². The van der Waals surface area contributed by atoms with Gasteiger partial charge in [-0.1, -0.05) is 92.7 Å². The number of hydrogen-bond acceptors (Lipinski definition) is 6. The average Bonchev–Trinajstić information content (AvgIpc) is 2.90. The van der Waals surface area contributed by atoms with Crippen LogP contribution in [0.25, 0.3) is 0 Å². The Morgan fingerprint density at radius 1 is 0.714 bits per heavy atom. The molecule has 0 spiro atoms. The Balaban J connectivity index is 0.000000655. The molecule has 1 unspecified atom stereocenters. The van der Waals surface area contributed by atoms with E-state index in [0.717, 1.165) is 25.9 Å². The summed E-state index contributed by atoms with van der Waals surface area (Å²) in [5.41, 5.74) is 6.98. The van der Waals surface area contributed by atoms with Crippen LogP contribution in [0.5, 0.6) is 0 Å². The molecule has 0 saturated heterocycles. The summed E-state index contributed by atoms with van der Waals surface area (Å²) in [7, 11) is 0. The van der Waals surface area contributed by atoms with Gasteiger partial charge in [0.2, 0.25) is 0 Å². The summed E-state index contributed by atoms with van der Waals surface area (Å²) in [5.74, 6) is 0. The Labute approximate surface area is 206 Å². The van der Waals surface area contributed by atoms with Crippen LogP contribution < -0.4 is 4.90 Å². The summed E-state index contributed by atoms with van der Waals surface area (Å²) in [4.78, 5) is 37.7. The highest BCUT2D eigenvalue weighted by Gasteiger charge is 2.34. The van der Waals surface area contributed by atoms with Crippen molar-refractivity contribution in [2.45, 2.75) is 39.4 Å². The first-order valence-corrected chi connectivity index (χ1v) is 11.5. The minimum Gasteiger partial charge on any atom is -0.325 e. The van der Waals surface area contributed by atoms with Crippen molar-refractivity contribution in [2.75, 3.05) is 11.4 Å². The maximum atomic E-state index is 8.12. The number of nitrogens with zero attached hydrogens (tertiary/aromatic N) is 2. The largest absolute Gasteiger partial charge is 0.373 e. The van der Waals surface area contributed by atoms with Gasteiger partial charge in [-0.3, -0.25) is 4.90 Å². The lowest BCUT2D eigenvalue weighted by atomic mass is 9.97. The molecule has 4 rings (SSSR count). The van der Waals surface area contributed by atoms with Crippen molar-refractivity contribution < 1.29 is 19.2 Å². The van der Waals surface area contributed by atoms with E-state index < -0.39 is 0 Å². The van der Waals surface area contributed by atoms with E-state index in [2.05, 4.69) is 115 Å². The van der Waals surface area contributed by atoms with Crippen LogP contribution in [-0.2, 0) is 25.7 Å². The number of hydrogen-bond donors (Lipinski definition) is 0. The normalized spacial score (nSPS) is 15.0. The molecule has 0 N–H and O–H groups in total. The molecule has 6 nitrogen and oxygen atoms in total. The van der Waals surface area contributed by atoms with E-state index in [1.165, 1.54) is 22.5 Å². The first-order chi connectivity index (χ1) is 17.1. The van der Waals surface area contributed by atoms with Crippen LogP contribution in [-0.4, -0.2) is 23.7 Å². The molecule has 0 aromatic heterocycles. The molecule has 0 fully saturated rings. The molecule has 180 valence electrons. The number of rotatable bonds is 6. The Bertz CT molecular complexity index is 1110. The Hall–Kier alpha value is -4.08. The number of allylic oxidation sites excluding steroid dienone is 1. The molecule has 1 aliphatic heterocycles. The van der Waals surface area contributed by atoms with Gasteiger partial charge in [-0.15, -0.1) is 0 Å². The van der Waals surface area contributed by atoms with E-state index in [0.29, 0.717) is 0 Å². The maximum absolute atomic E-state index is 8.12. The number of para-hydroxylation sites is 1. The van der Waals surface area contributed by atoms with Crippen molar-refractivity contribution >= 4 is 18.0 Å². The smallest absolute Gasteiger partial charge is 0.325 e. The molecule has 0 amide bonds. The van der Waals surface area contributed by atoms with E-state index in [-0.39, 0.29) is 18.5 Å². The van der Waals surface area contributed by atoms with E-state index in [4.69, 9.17) is 19.2 Å². The summed E-state index contributed by atoms with van der Waals surface area (Å²) < 4.78 is 0. The lowest BCUT2D eigenvalue weighted by Gasteiger charge is -2.47. The Morgan fingerprint density at radius 2 is 1.20 bits per heavy atom. The van der Waals surface area contributed by atoms with Gasteiger partial charge < -0.3 is 4.90 Å². The molecule has 1 atom stereocenters. The molecule has 0 bridgehead atoms. The van der Waals surface area contributed by atoms with Gasteiger partial charge in [0.05, 0.1) is 0 Å². The van der Waals surface area contributed by atoms with Crippen LogP contribution in [0.4, 0.5) is 5.69 Å². The van der Waals surface area contributed by atoms with E-state index in [1.807, 2.05) is 0 Å². The van der Waals surface area contributed by atoms with Crippen LogP contribution in [0.15, 0.2) is 102 Å². The fourth-order valence-electron chi connectivity index (χ4n) is 4.47. The highest BCUT2D eigenvalue weighted by molar-refractivity contribution is 5.56. The van der Waals surface area contributed by atoms with E-state index in [9.17, 15) is 0 Å².